The maximum Gasteiger partial charge on any atom is 0.339 e. The quantitative estimate of drug-likeness (QED) is 0.393. The second kappa shape index (κ2) is 10.1. The lowest BCUT2D eigenvalue weighted by Crippen LogP contribution is -2.42. The zero-order chi connectivity index (χ0) is 25.1. The molecule has 3 heterocycles. The number of fused-ring (bicyclic) bond motifs is 1. The van der Waals surface area contributed by atoms with Gasteiger partial charge in [0.2, 0.25) is 0 Å². The van der Waals surface area contributed by atoms with Crippen LogP contribution in [-0.4, -0.2) is 53.6 Å². The standard InChI is InChI=1S/C28H28N4O4/c1-35-21-10-5-8-19(16-21)22-12-7-15-32-25(22)17-29-26(32)20-9-6-14-31(18-20)28(34)30-24-13-4-3-11-23(24)27(33)36-2/h3-5,7-8,10-13,15-17,20H,6,9,14,18H2,1-2H3,(H,30,34). The predicted molar refractivity (Wildman–Crippen MR) is 138 cm³/mol. The molecule has 0 radical (unpaired) electrons. The van der Waals surface area contributed by atoms with Crippen molar-refractivity contribution in [1.82, 2.24) is 14.3 Å². The van der Waals surface area contributed by atoms with Crippen molar-refractivity contribution in [3.63, 3.8) is 0 Å². The Morgan fingerprint density at radius 3 is 2.75 bits per heavy atom. The van der Waals surface area contributed by atoms with Crippen molar-refractivity contribution in [3.8, 4) is 16.9 Å². The lowest BCUT2D eigenvalue weighted by Gasteiger charge is -2.32. The molecular weight excluding hydrogens is 456 g/mol. The molecule has 0 spiro atoms. The highest BCUT2D eigenvalue weighted by Gasteiger charge is 2.28. The molecule has 1 N–H and O–H groups in total. The molecule has 2 amide bonds. The van der Waals surface area contributed by atoms with Gasteiger partial charge in [-0.25, -0.2) is 14.6 Å². The summed E-state index contributed by atoms with van der Waals surface area (Å²) >= 11 is 0. The van der Waals surface area contributed by atoms with E-state index in [1.165, 1.54) is 7.11 Å². The number of esters is 1. The summed E-state index contributed by atoms with van der Waals surface area (Å²) in [5, 5.41) is 2.89. The lowest BCUT2D eigenvalue weighted by atomic mass is 9.97. The normalized spacial score (nSPS) is 15.5. The van der Waals surface area contributed by atoms with Crippen LogP contribution in [0.15, 0.2) is 73.1 Å². The van der Waals surface area contributed by atoms with Crippen molar-refractivity contribution in [1.29, 1.82) is 0 Å². The Balaban J connectivity index is 1.38. The minimum Gasteiger partial charge on any atom is -0.497 e. The molecule has 184 valence electrons. The number of methoxy groups -OCH3 is 2. The van der Waals surface area contributed by atoms with E-state index in [4.69, 9.17) is 14.5 Å². The molecule has 1 unspecified atom stereocenters. The number of carbonyl (C=O) groups is 2. The summed E-state index contributed by atoms with van der Waals surface area (Å²) < 4.78 is 12.4. The monoisotopic (exact) mass is 484 g/mol. The molecule has 2 aromatic carbocycles. The number of amides is 2. The number of para-hydroxylation sites is 1. The van der Waals surface area contributed by atoms with E-state index in [9.17, 15) is 9.59 Å². The number of benzene rings is 2. The van der Waals surface area contributed by atoms with E-state index in [-0.39, 0.29) is 11.9 Å². The van der Waals surface area contributed by atoms with Gasteiger partial charge in [-0.2, -0.15) is 0 Å². The van der Waals surface area contributed by atoms with Gasteiger partial charge in [-0.15, -0.1) is 0 Å². The zero-order valence-electron chi connectivity index (χ0n) is 20.3. The Morgan fingerprint density at radius 2 is 1.92 bits per heavy atom. The van der Waals surface area contributed by atoms with Gasteiger partial charge in [-0.1, -0.05) is 30.3 Å². The van der Waals surface area contributed by atoms with Crippen molar-refractivity contribution in [2.75, 3.05) is 32.6 Å². The van der Waals surface area contributed by atoms with Gasteiger partial charge in [0.25, 0.3) is 0 Å². The molecule has 8 nitrogen and oxygen atoms in total. The fourth-order valence-electron chi connectivity index (χ4n) is 4.83. The lowest BCUT2D eigenvalue weighted by molar-refractivity contribution is 0.0602. The number of carbonyl (C=O) groups excluding carboxylic acids is 2. The minimum absolute atomic E-state index is 0.0865. The van der Waals surface area contributed by atoms with E-state index >= 15 is 0 Å². The number of piperidine rings is 1. The van der Waals surface area contributed by atoms with E-state index in [2.05, 4.69) is 21.9 Å². The Hall–Kier alpha value is -4.33. The maximum atomic E-state index is 13.1. The van der Waals surface area contributed by atoms with Gasteiger partial charge in [-0.05, 0) is 48.7 Å². The molecule has 1 aliphatic rings. The van der Waals surface area contributed by atoms with E-state index in [0.29, 0.717) is 24.3 Å². The number of ether oxygens (including phenoxy) is 2. The summed E-state index contributed by atoms with van der Waals surface area (Å²) in [5.74, 6) is 1.33. The molecule has 0 saturated carbocycles. The first kappa shape index (κ1) is 23.4. The van der Waals surface area contributed by atoms with Crippen LogP contribution < -0.4 is 10.1 Å². The minimum atomic E-state index is -0.488. The molecule has 1 aliphatic heterocycles. The van der Waals surface area contributed by atoms with Crippen LogP contribution >= 0.6 is 0 Å². The summed E-state index contributed by atoms with van der Waals surface area (Å²) in [6, 6.07) is 18.7. The first-order valence-corrected chi connectivity index (χ1v) is 11.9. The Kier molecular flexibility index (Phi) is 6.58. The largest absolute Gasteiger partial charge is 0.497 e. The maximum absolute atomic E-state index is 13.1. The third-order valence-electron chi connectivity index (χ3n) is 6.63. The van der Waals surface area contributed by atoms with Gasteiger partial charge in [0, 0.05) is 30.8 Å². The van der Waals surface area contributed by atoms with Crippen molar-refractivity contribution >= 4 is 23.2 Å². The number of urea groups is 1. The first-order chi connectivity index (χ1) is 17.6. The van der Waals surface area contributed by atoms with Crippen LogP contribution in [0.5, 0.6) is 5.75 Å². The average Bonchev–Trinajstić information content (AvgIpc) is 3.37. The second-order valence-electron chi connectivity index (χ2n) is 8.78. The van der Waals surface area contributed by atoms with Crippen molar-refractivity contribution in [2.45, 2.75) is 18.8 Å². The van der Waals surface area contributed by atoms with Crippen LogP contribution in [0, 0.1) is 0 Å². The highest BCUT2D eigenvalue weighted by atomic mass is 16.5. The Bertz CT molecular complexity index is 1410. The van der Waals surface area contributed by atoms with Crippen molar-refractivity contribution < 1.29 is 19.1 Å². The number of anilines is 1. The number of nitrogens with one attached hydrogen (secondary N) is 1. The van der Waals surface area contributed by atoms with Gasteiger partial charge < -0.3 is 24.1 Å². The van der Waals surface area contributed by atoms with Gasteiger partial charge >= 0.3 is 12.0 Å². The SMILES string of the molecule is COC(=O)c1ccccc1NC(=O)N1CCCC(c2ncc3c(-c4cccc(OC)c4)cccn23)C1. The topological polar surface area (TPSA) is 85.2 Å². The molecule has 2 aromatic heterocycles. The highest BCUT2D eigenvalue weighted by molar-refractivity contribution is 6.00. The number of aromatic nitrogens is 2. The fraction of sp³-hybridized carbons (Fsp3) is 0.250. The van der Waals surface area contributed by atoms with Crippen molar-refractivity contribution in [3.05, 3.63) is 84.4 Å². The summed E-state index contributed by atoms with van der Waals surface area (Å²) in [7, 11) is 2.99. The molecule has 8 heteroatoms. The molecule has 0 aliphatic carbocycles. The van der Waals surface area contributed by atoms with Crippen LogP contribution in [0.1, 0.15) is 34.9 Å². The molecule has 1 saturated heterocycles. The van der Waals surface area contributed by atoms with Crippen LogP contribution in [0.25, 0.3) is 16.6 Å². The van der Waals surface area contributed by atoms with Gasteiger partial charge in [0.05, 0.1) is 37.2 Å². The van der Waals surface area contributed by atoms with Gasteiger partial charge in [0.1, 0.15) is 11.6 Å². The van der Waals surface area contributed by atoms with Crippen LogP contribution in [-0.2, 0) is 4.74 Å². The number of likely N-dealkylation sites (tertiary alicyclic amines) is 1. The second-order valence-corrected chi connectivity index (χ2v) is 8.78. The van der Waals surface area contributed by atoms with E-state index in [0.717, 1.165) is 41.1 Å². The fourth-order valence-corrected chi connectivity index (χ4v) is 4.83. The molecule has 4 aromatic rings. The Morgan fingerprint density at radius 1 is 1.06 bits per heavy atom. The van der Waals surface area contributed by atoms with Gasteiger partial charge in [0.15, 0.2) is 0 Å². The summed E-state index contributed by atoms with van der Waals surface area (Å²) in [5.41, 5.74) is 3.89. The molecule has 1 atom stereocenters. The highest BCUT2D eigenvalue weighted by Crippen LogP contribution is 2.32. The van der Waals surface area contributed by atoms with Crippen LogP contribution in [0.3, 0.4) is 0 Å². The first-order valence-electron chi connectivity index (χ1n) is 11.9. The number of imidazole rings is 1. The third kappa shape index (κ3) is 4.49. The molecule has 5 rings (SSSR count). The van der Waals surface area contributed by atoms with E-state index in [1.54, 1.807) is 36.3 Å². The Labute approximate surface area is 209 Å². The zero-order valence-corrected chi connectivity index (χ0v) is 20.3. The summed E-state index contributed by atoms with van der Waals surface area (Å²) in [4.78, 5) is 31.8. The third-order valence-corrected chi connectivity index (χ3v) is 6.63. The van der Waals surface area contributed by atoms with Gasteiger partial charge in [-0.3, -0.25) is 0 Å². The number of pyridine rings is 1. The number of hydrogen-bond acceptors (Lipinski definition) is 5. The molecule has 36 heavy (non-hydrogen) atoms. The number of hydrogen-bond donors (Lipinski definition) is 1. The molecule has 1 fully saturated rings. The van der Waals surface area contributed by atoms with E-state index < -0.39 is 5.97 Å². The average molecular weight is 485 g/mol. The smallest absolute Gasteiger partial charge is 0.339 e. The van der Waals surface area contributed by atoms with Crippen molar-refractivity contribution in [2.24, 2.45) is 0 Å². The van der Waals surface area contributed by atoms with E-state index in [1.807, 2.05) is 36.7 Å². The number of nitrogens with zero attached hydrogens (tertiary/aromatic N) is 3. The summed E-state index contributed by atoms with van der Waals surface area (Å²) in [6.45, 7) is 1.18. The van der Waals surface area contributed by atoms with Crippen LogP contribution in [0.4, 0.5) is 10.5 Å². The summed E-state index contributed by atoms with van der Waals surface area (Å²) in [6.07, 6.45) is 5.72. The molecular formula is C28H28N4O4. The van der Waals surface area contributed by atoms with Crippen LogP contribution in [0.2, 0.25) is 0 Å². The molecule has 0 bridgehead atoms. The number of rotatable bonds is 5. The predicted octanol–water partition coefficient (Wildman–Crippen LogP) is 5.21.